The van der Waals surface area contributed by atoms with Crippen LogP contribution in [0, 0.1) is 5.92 Å². The van der Waals surface area contributed by atoms with Crippen molar-refractivity contribution < 1.29 is 14.7 Å². The first-order valence-electron chi connectivity index (χ1n) is 7.39. The number of nitrogens with zero attached hydrogens (tertiary/aromatic N) is 2. The molecule has 5 nitrogen and oxygen atoms in total. The summed E-state index contributed by atoms with van der Waals surface area (Å²) in [5.41, 5.74) is 0. The van der Waals surface area contributed by atoms with Gasteiger partial charge in [0.05, 0.1) is 5.37 Å². The number of carboxylic acid groups (broad SMARTS) is 1. The number of thioether (sulfide) groups is 2. The molecular formula is C14H24N2O3S2. The molecule has 2 fully saturated rings. The third-order valence-corrected chi connectivity index (χ3v) is 7.20. The fourth-order valence-corrected chi connectivity index (χ4v) is 5.39. The fraction of sp³-hybridized carbons (Fsp3) is 0.857. The van der Waals surface area contributed by atoms with Crippen LogP contribution in [0.5, 0.6) is 0 Å². The van der Waals surface area contributed by atoms with Gasteiger partial charge in [-0.25, -0.2) is 9.59 Å². The van der Waals surface area contributed by atoms with Crippen LogP contribution < -0.4 is 0 Å². The first kappa shape index (κ1) is 16.8. The molecule has 0 aromatic rings. The number of aliphatic carboxylic acids is 1. The summed E-state index contributed by atoms with van der Waals surface area (Å²) >= 11 is 3.45. The highest BCUT2D eigenvalue weighted by Crippen LogP contribution is 2.36. The second kappa shape index (κ2) is 6.69. The average Bonchev–Trinajstić information content (AvgIpc) is 2.86. The molecular weight excluding hydrogens is 308 g/mol. The minimum atomic E-state index is -0.897. The second-order valence-electron chi connectivity index (χ2n) is 6.02. The molecule has 0 aromatic heterocycles. The summed E-state index contributed by atoms with van der Waals surface area (Å²) in [7, 11) is 0. The minimum absolute atomic E-state index is 0.0457. The molecule has 7 heteroatoms. The molecule has 4 atom stereocenters. The van der Waals surface area contributed by atoms with E-state index in [1.807, 2.05) is 30.5 Å². The van der Waals surface area contributed by atoms with E-state index < -0.39 is 12.0 Å². The Bertz CT molecular complexity index is 419. The van der Waals surface area contributed by atoms with E-state index in [1.54, 1.807) is 16.7 Å². The molecule has 0 aromatic carbocycles. The monoisotopic (exact) mass is 332 g/mol. The summed E-state index contributed by atoms with van der Waals surface area (Å²) < 4.78 is 0. The van der Waals surface area contributed by atoms with Crippen LogP contribution in [0.15, 0.2) is 0 Å². The molecule has 1 N–H and O–H groups in total. The quantitative estimate of drug-likeness (QED) is 0.841. The zero-order chi connectivity index (χ0) is 15.7. The van der Waals surface area contributed by atoms with Crippen LogP contribution in [-0.2, 0) is 4.79 Å². The fourth-order valence-electron chi connectivity index (χ4n) is 2.83. The van der Waals surface area contributed by atoms with Crippen molar-refractivity contribution in [1.29, 1.82) is 0 Å². The van der Waals surface area contributed by atoms with Crippen LogP contribution in [-0.4, -0.2) is 67.7 Å². The maximum absolute atomic E-state index is 13.0. The molecule has 2 aliphatic heterocycles. The number of urea groups is 1. The third-order valence-electron chi connectivity index (χ3n) is 4.24. The minimum Gasteiger partial charge on any atom is -0.480 e. The highest BCUT2D eigenvalue weighted by Gasteiger charge is 2.45. The molecule has 2 heterocycles. The largest absolute Gasteiger partial charge is 0.480 e. The van der Waals surface area contributed by atoms with Crippen molar-refractivity contribution in [2.45, 2.75) is 50.4 Å². The van der Waals surface area contributed by atoms with E-state index >= 15 is 0 Å². The lowest BCUT2D eigenvalue weighted by molar-refractivity contribution is -0.141. The lowest BCUT2D eigenvalue weighted by atomic mass is 10.1. The Hall–Kier alpha value is -0.560. The van der Waals surface area contributed by atoms with E-state index in [9.17, 15) is 14.7 Å². The molecule has 4 unspecified atom stereocenters. The SMILES string of the molecule is CC(C)C1SCC(C(=O)O)N1C(=O)N1CCSC(C)C1C. The van der Waals surface area contributed by atoms with Gasteiger partial charge in [0.15, 0.2) is 0 Å². The molecule has 0 bridgehead atoms. The molecule has 2 rings (SSSR count). The number of carboxylic acids is 1. The zero-order valence-corrected chi connectivity index (χ0v) is 14.6. The Kier molecular flexibility index (Phi) is 5.35. The Morgan fingerprint density at radius 2 is 1.90 bits per heavy atom. The van der Waals surface area contributed by atoms with Crippen LogP contribution in [0.25, 0.3) is 0 Å². The van der Waals surface area contributed by atoms with Gasteiger partial charge in [-0.2, -0.15) is 11.8 Å². The standard InChI is InChI=1S/C14H24N2O3S2/c1-8(2)12-16(11(7-21-12)13(17)18)14(19)15-5-6-20-10(4)9(15)3/h8-12H,5-7H2,1-4H3,(H,17,18). The first-order chi connectivity index (χ1) is 9.84. The molecule has 120 valence electrons. The van der Waals surface area contributed by atoms with Crippen LogP contribution in [0.2, 0.25) is 0 Å². The molecule has 0 aliphatic carbocycles. The molecule has 2 aliphatic rings. The van der Waals surface area contributed by atoms with Gasteiger partial charge in [-0.15, -0.1) is 11.8 Å². The number of hydrogen-bond donors (Lipinski definition) is 1. The van der Waals surface area contributed by atoms with Crippen molar-refractivity contribution in [3.05, 3.63) is 0 Å². The van der Waals surface area contributed by atoms with Gasteiger partial charge in [0.25, 0.3) is 0 Å². The zero-order valence-electron chi connectivity index (χ0n) is 13.0. The third kappa shape index (κ3) is 3.28. The van der Waals surface area contributed by atoms with Crippen molar-refractivity contribution in [2.24, 2.45) is 5.92 Å². The van der Waals surface area contributed by atoms with Crippen molar-refractivity contribution in [3.63, 3.8) is 0 Å². The predicted octanol–water partition coefficient (Wildman–Crippen LogP) is 2.42. The van der Waals surface area contributed by atoms with E-state index in [-0.39, 0.29) is 23.4 Å². The van der Waals surface area contributed by atoms with Crippen molar-refractivity contribution >= 4 is 35.5 Å². The van der Waals surface area contributed by atoms with Gasteiger partial charge >= 0.3 is 12.0 Å². The summed E-state index contributed by atoms with van der Waals surface area (Å²) in [4.78, 5) is 27.9. The Morgan fingerprint density at radius 3 is 2.48 bits per heavy atom. The smallest absolute Gasteiger partial charge is 0.327 e. The summed E-state index contributed by atoms with van der Waals surface area (Å²) in [6.45, 7) is 8.97. The Labute approximate surface area is 134 Å². The molecule has 0 radical (unpaired) electrons. The molecule has 0 saturated carbocycles. The van der Waals surface area contributed by atoms with E-state index in [4.69, 9.17) is 0 Å². The Morgan fingerprint density at radius 1 is 1.24 bits per heavy atom. The van der Waals surface area contributed by atoms with Crippen LogP contribution in [0.3, 0.4) is 0 Å². The van der Waals surface area contributed by atoms with Gasteiger partial charge in [0, 0.05) is 29.3 Å². The average molecular weight is 332 g/mol. The van der Waals surface area contributed by atoms with Crippen LogP contribution in [0.4, 0.5) is 4.79 Å². The molecule has 0 spiro atoms. The summed E-state index contributed by atoms with van der Waals surface area (Å²) in [6, 6.07) is -0.665. The maximum Gasteiger partial charge on any atom is 0.327 e. The van der Waals surface area contributed by atoms with Crippen molar-refractivity contribution in [1.82, 2.24) is 9.80 Å². The lowest BCUT2D eigenvalue weighted by Gasteiger charge is -2.42. The number of amides is 2. The van der Waals surface area contributed by atoms with Crippen molar-refractivity contribution in [3.8, 4) is 0 Å². The molecule has 2 amide bonds. The van der Waals surface area contributed by atoms with Gasteiger partial charge < -0.3 is 10.0 Å². The van der Waals surface area contributed by atoms with Gasteiger partial charge in [-0.3, -0.25) is 4.90 Å². The summed E-state index contributed by atoms with van der Waals surface area (Å²) in [6.07, 6.45) is 0. The first-order valence-corrected chi connectivity index (χ1v) is 9.49. The van der Waals surface area contributed by atoms with Gasteiger partial charge in [0.1, 0.15) is 6.04 Å². The van der Waals surface area contributed by atoms with E-state index in [0.29, 0.717) is 17.5 Å². The van der Waals surface area contributed by atoms with Crippen molar-refractivity contribution in [2.75, 3.05) is 18.1 Å². The van der Waals surface area contributed by atoms with E-state index in [2.05, 4.69) is 13.8 Å². The highest BCUT2D eigenvalue weighted by atomic mass is 32.2. The van der Waals surface area contributed by atoms with Gasteiger partial charge in [0.2, 0.25) is 0 Å². The Balaban J connectivity index is 2.22. The number of carbonyl (C=O) groups excluding carboxylic acids is 1. The molecule has 2 saturated heterocycles. The molecule has 21 heavy (non-hydrogen) atoms. The summed E-state index contributed by atoms with van der Waals surface area (Å²) in [5.74, 6) is 0.750. The lowest BCUT2D eigenvalue weighted by Crippen LogP contribution is -2.57. The summed E-state index contributed by atoms with van der Waals surface area (Å²) in [5, 5.41) is 9.76. The van der Waals surface area contributed by atoms with Crippen LogP contribution >= 0.6 is 23.5 Å². The highest BCUT2D eigenvalue weighted by molar-refractivity contribution is 8.00. The van der Waals surface area contributed by atoms with E-state index in [1.165, 1.54) is 0 Å². The van der Waals surface area contributed by atoms with Crippen LogP contribution in [0.1, 0.15) is 27.7 Å². The van der Waals surface area contributed by atoms with Gasteiger partial charge in [-0.05, 0) is 12.8 Å². The predicted molar refractivity (Wildman–Crippen MR) is 87.8 cm³/mol. The maximum atomic E-state index is 13.0. The van der Waals surface area contributed by atoms with E-state index in [0.717, 1.165) is 5.75 Å². The number of carbonyl (C=O) groups is 2. The topological polar surface area (TPSA) is 60.9 Å². The number of hydrogen-bond acceptors (Lipinski definition) is 4. The normalized spacial score (nSPS) is 33.6. The van der Waals surface area contributed by atoms with Gasteiger partial charge in [-0.1, -0.05) is 20.8 Å². The second-order valence-corrected chi connectivity index (χ2v) is 8.66. The number of rotatable bonds is 2.